The van der Waals surface area contributed by atoms with Crippen LogP contribution in [-0.4, -0.2) is 88.0 Å². The zero-order valence-corrected chi connectivity index (χ0v) is 19.9. The van der Waals surface area contributed by atoms with Gasteiger partial charge < -0.3 is 20.1 Å². The molecule has 2 amide bonds. The summed E-state index contributed by atoms with van der Waals surface area (Å²) in [5.74, 6) is -0.423. The number of piperidine rings is 1. The molecule has 0 aromatic heterocycles. The minimum Gasteiger partial charge on any atom is -0.479 e. The van der Waals surface area contributed by atoms with Crippen LogP contribution in [0.15, 0.2) is 17.0 Å². The number of amides is 2. The number of carbonyl (C=O) groups excluding carboxylic acids is 2. The van der Waals surface area contributed by atoms with Crippen molar-refractivity contribution in [2.45, 2.75) is 37.7 Å². The van der Waals surface area contributed by atoms with E-state index in [1.807, 2.05) is 0 Å². The second kappa shape index (κ2) is 9.96. The monoisotopic (exact) mass is 480 g/mol. The van der Waals surface area contributed by atoms with Crippen molar-refractivity contribution in [3.8, 4) is 5.75 Å². The van der Waals surface area contributed by atoms with Crippen LogP contribution in [0.4, 0.5) is 5.69 Å². The lowest BCUT2D eigenvalue weighted by Gasteiger charge is -2.32. The number of nitrogens with one attached hydrogen (secondary N) is 2. The second-order valence-corrected chi connectivity index (χ2v) is 10.7. The van der Waals surface area contributed by atoms with Crippen LogP contribution in [0.5, 0.6) is 5.75 Å². The summed E-state index contributed by atoms with van der Waals surface area (Å²) in [5, 5.41) is 5.71. The topological polar surface area (TPSA) is 117 Å². The van der Waals surface area contributed by atoms with E-state index in [9.17, 15) is 18.0 Å². The van der Waals surface area contributed by atoms with Crippen molar-refractivity contribution < 1.29 is 27.5 Å². The van der Waals surface area contributed by atoms with Crippen LogP contribution < -0.4 is 15.4 Å². The molecule has 1 aromatic carbocycles. The largest absolute Gasteiger partial charge is 0.479 e. The Kier molecular flexibility index (Phi) is 7.22. The van der Waals surface area contributed by atoms with Gasteiger partial charge in [-0.1, -0.05) is 0 Å². The van der Waals surface area contributed by atoms with E-state index in [1.165, 1.54) is 10.4 Å². The number of hydrogen-bond acceptors (Lipinski definition) is 7. The van der Waals surface area contributed by atoms with Crippen LogP contribution in [-0.2, 0) is 24.3 Å². The van der Waals surface area contributed by atoms with Gasteiger partial charge in [0.15, 0.2) is 6.10 Å². The third-order valence-corrected chi connectivity index (χ3v) is 8.42. The number of nitrogens with zero attached hydrogens (tertiary/aromatic N) is 2. The van der Waals surface area contributed by atoms with Crippen molar-refractivity contribution >= 4 is 27.5 Å². The molecule has 1 aromatic rings. The highest BCUT2D eigenvalue weighted by Crippen LogP contribution is 2.36. The summed E-state index contributed by atoms with van der Waals surface area (Å²) in [6.45, 7) is 8.25. The van der Waals surface area contributed by atoms with E-state index < -0.39 is 16.1 Å². The third kappa shape index (κ3) is 5.32. The van der Waals surface area contributed by atoms with Crippen molar-refractivity contribution in [3.05, 3.63) is 17.7 Å². The second-order valence-electron chi connectivity index (χ2n) is 8.81. The third-order valence-electron chi connectivity index (χ3n) is 6.41. The Balaban J connectivity index is 1.41. The molecule has 2 atom stereocenters. The molecule has 0 radical (unpaired) electrons. The van der Waals surface area contributed by atoms with E-state index in [0.29, 0.717) is 56.1 Å². The van der Waals surface area contributed by atoms with E-state index in [4.69, 9.17) is 9.47 Å². The number of morpholine rings is 1. The molecule has 3 aliphatic heterocycles. The highest BCUT2D eigenvalue weighted by molar-refractivity contribution is 7.89. The summed E-state index contributed by atoms with van der Waals surface area (Å²) >= 11 is 0. The fraction of sp³-hybridized carbons (Fsp3) is 0.636. The minimum atomic E-state index is -3.82. The maximum absolute atomic E-state index is 13.5. The fourth-order valence-electron chi connectivity index (χ4n) is 4.44. The van der Waals surface area contributed by atoms with Crippen molar-refractivity contribution in [1.29, 1.82) is 0 Å². The van der Waals surface area contributed by atoms with Crippen LogP contribution in [0.25, 0.3) is 0 Å². The molecule has 0 saturated carbocycles. The van der Waals surface area contributed by atoms with Crippen LogP contribution in [0.2, 0.25) is 0 Å². The molecular weight excluding hydrogens is 448 g/mol. The van der Waals surface area contributed by atoms with Gasteiger partial charge in [0.25, 0.3) is 5.91 Å². The minimum absolute atomic E-state index is 0.106. The lowest BCUT2D eigenvalue weighted by molar-refractivity contribution is -0.126. The van der Waals surface area contributed by atoms with E-state index in [0.717, 1.165) is 19.6 Å². The molecule has 10 nitrogen and oxygen atoms in total. The first kappa shape index (κ1) is 23.9. The van der Waals surface area contributed by atoms with Gasteiger partial charge in [-0.05, 0) is 38.3 Å². The fourth-order valence-corrected chi connectivity index (χ4v) is 6.19. The number of anilines is 1. The molecular formula is C22H32N4O6S. The number of carbonyl (C=O) groups is 2. The van der Waals surface area contributed by atoms with Crippen molar-refractivity contribution in [2.75, 3.05) is 57.8 Å². The predicted molar refractivity (Wildman–Crippen MR) is 122 cm³/mol. The van der Waals surface area contributed by atoms with Crippen molar-refractivity contribution in [3.63, 3.8) is 0 Å². The average Bonchev–Trinajstić information content (AvgIpc) is 2.80. The Bertz CT molecular complexity index is 1010. The van der Waals surface area contributed by atoms with Crippen LogP contribution in [0, 0.1) is 12.8 Å². The average molecular weight is 481 g/mol. The predicted octanol–water partition coefficient (Wildman–Crippen LogP) is 0.564. The Morgan fingerprint density at radius 3 is 2.76 bits per heavy atom. The summed E-state index contributed by atoms with van der Waals surface area (Å²) in [7, 11) is -3.82. The highest BCUT2D eigenvalue weighted by atomic mass is 32.2. The van der Waals surface area contributed by atoms with Gasteiger partial charge in [-0.15, -0.1) is 0 Å². The molecule has 2 saturated heterocycles. The van der Waals surface area contributed by atoms with E-state index in [2.05, 4.69) is 15.5 Å². The lowest BCUT2D eigenvalue weighted by atomic mass is 9.99. The molecule has 0 bridgehead atoms. The van der Waals surface area contributed by atoms with Crippen LogP contribution >= 0.6 is 0 Å². The van der Waals surface area contributed by atoms with E-state index >= 15 is 0 Å². The number of ether oxygens (including phenoxy) is 2. The quantitative estimate of drug-likeness (QED) is 0.611. The number of aryl methyl sites for hydroxylation is 1. The molecule has 0 aliphatic carbocycles. The highest BCUT2D eigenvalue weighted by Gasteiger charge is 2.35. The summed E-state index contributed by atoms with van der Waals surface area (Å²) in [5.41, 5.74) is 0.981. The van der Waals surface area contributed by atoms with Gasteiger partial charge in [-0.3, -0.25) is 14.5 Å². The lowest BCUT2D eigenvalue weighted by Crippen LogP contribution is -2.47. The Labute approximate surface area is 194 Å². The summed E-state index contributed by atoms with van der Waals surface area (Å²) < 4.78 is 39.3. The Hall–Kier alpha value is -2.21. The molecule has 0 unspecified atom stereocenters. The number of hydrogen-bond donors (Lipinski definition) is 2. The normalized spacial score (nSPS) is 24.5. The van der Waals surface area contributed by atoms with Gasteiger partial charge in [0.2, 0.25) is 15.9 Å². The first-order valence-electron chi connectivity index (χ1n) is 11.5. The van der Waals surface area contributed by atoms with Gasteiger partial charge in [-0.25, -0.2) is 8.42 Å². The van der Waals surface area contributed by atoms with Gasteiger partial charge in [0, 0.05) is 45.3 Å². The number of fused-ring (bicyclic) bond motifs is 1. The van der Waals surface area contributed by atoms with Crippen molar-refractivity contribution in [1.82, 2.24) is 14.5 Å². The van der Waals surface area contributed by atoms with E-state index in [-0.39, 0.29) is 29.2 Å². The smallest absolute Gasteiger partial charge is 0.265 e. The molecule has 0 spiro atoms. The summed E-state index contributed by atoms with van der Waals surface area (Å²) in [6.07, 6.45) is 0.579. The first-order chi connectivity index (χ1) is 15.8. The maximum atomic E-state index is 13.5. The molecule has 4 rings (SSSR count). The van der Waals surface area contributed by atoms with Gasteiger partial charge >= 0.3 is 0 Å². The Morgan fingerprint density at radius 2 is 2.00 bits per heavy atom. The van der Waals surface area contributed by atoms with Crippen molar-refractivity contribution in [2.24, 2.45) is 5.92 Å². The summed E-state index contributed by atoms with van der Waals surface area (Å²) in [6, 6.07) is 3.09. The molecule has 3 aliphatic rings. The van der Waals surface area contributed by atoms with Crippen LogP contribution in [0.1, 0.15) is 25.3 Å². The standard InChI is InChI=1S/C22H32N4O6S/c1-15-12-18-19(32-16(2)21(27)24-18)13-20(15)33(29,30)26-6-3-4-17(14-26)22(28)23-5-7-25-8-10-31-11-9-25/h12-13,16-17H,3-11,14H2,1-2H3,(H,23,28)(H,24,27)/t16-,17+/m1/s1. The molecule has 182 valence electrons. The molecule has 3 heterocycles. The molecule has 33 heavy (non-hydrogen) atoms. The van der Waals surface area contributed by atoms with Gasteiger partial charge in [0.1, 0.15) is 5.75 Å². The first-order valence-corrected chi connectivity index (χ1v) is 12.9. The SMILES string of the molecule is Cc1cc2c(cc1S(=O)(=O)N1CCC[C@H](C(=O)NCCN3CCOCC3)C1)O[C@H](C)C(=O)N2. The zero-order chi connectivity index (χ0) is 23.6. The van der Waals surface area contributed by atoms with Gasteiger partial charge in [0.05, 0.1) is 29.7 Å². The van der Waals surface area contributed by atoms with Gasteiger partial charge in [-0.2, -0.15) is 4.31 Å². The Morgan fingerprint density at radius 1 is 1.24 bits per heavy atom. The summed E-state index contributed by atoms with van der Waals surface area (Å²) in [4.78, 5) is 27.0. The number of sulfonamides is 1. The number of rotatable bonds is 6. The number of benzene rings is 1. The maximum Gasteiger partial charge on any atom is 0.265 e. The molecule has 2 fully saturated rings. The molecule has 11 heteroatoms. The van der Waals surface area contributed by atoms with Crippen LogP contribution in [0.3, 0.4) is 0 Å². The van der Waals surface area contributed by atoms with E-state index in [1.54, 1.807) is 19.9 Å². The zero-order valence-electron chi connectivity index (χ0n) is 19.1. The molecule has 2 N–H and O–H groups in total.